The number of hydrogen-bond donors (Lipinski definition) is 8. The second-order valence-corrected chi connectivity index (χ2v) is 10.5. The van der Waals surface area contributed by atoms with E-state index in [1.807, 2.05) is 0 Å². The largest absolute Gasteiger partial charge is 0.394 e. The van der Waals surface area contributed by atoms with Gasteiger partial charge in [0.05, 0.1) is 25.3 Å². The summed E-state index contributed by atoms with van der Waals surface area (Å²) < 4.78 is 11.3. The number of aliphatic hydroxyl groups is 6. The topological polar surface area (TPSA) is 198 Å². The molecule has 0 saturated carbocycles. The Labute approximate surface area is 228 Å². The van der Waals surface area contributed by atoms with E-state index in [0.717, 1.165) is 11.8 Å². The summed E-state index contributed by atoms with van der Waals surface area (Å²) in [5.41, 5.74) is -1.88. The Morgan fingerprint density at radius 2 is 1.00 bits per heavy atom. The number of carbonyl (C=O) groups excluding carboxylic acids is 2. The minimum atomic E-state index is -1.52. The van der Waals surface area contributed by atoms with Crippen molar-refractivity contribution in [1.29, 1.82) is 0 Å². The molecule has 0 bridgehead atoms. The molecule has 0 aromatic heterocycles. The van der Waals surface area contributed by atoms with Crippen molar-refractivity contribution in [3.05, 3.63) is 71.8 Å². The van der Waals surface area contributed by atoms with Crippen LogP contribution in [0.3, 0.4) is 0 Å². The van der Waals surface area contributed by atoms with Crippen LogP contribution in [0.15, 0.2) is 60.7 Å². The van der Waals surface area contributed by atoms with Crippen LogP contribution in [-0.2, 0) is 9.47 Å². The van der Waals surface area contributed by atoms with Gasteiger partial charge in [0, 0.05) is 11.1 Å². The van der Waals surface area contributed by atoms with Crippen LogP contribution in [-0.4, -0.2) is 115 Å². The molecule has 4 rings (SSSR count). The number of carbonyl (C=O) groups is 2. The molecule has 2 heterocycles. The van der Waals surface area contributed by atoms with Gasteiger partial charge < -0.3 is 50.7 Å². The highest BCUT2D eigenvalue weighted by atomic mass is 32.2. The van der Waals surface area contributed by atoms with Crippen LogP contribution in [0.25, 0.3) is 0 Å². The molecule has 12 nitrogen and oxygen atoms in total. The first-order chi connectivity index (χ1) is 18.7. The van der Waals surface area contributed by atoms with Crippen molar-refractivity contribution < 1.29 is 49.7 Å². The van der Waals surface area contributed by atoms with Gasteiger partial charge in [-0.2, -0.15) is 0 Å². The Hall–Kier alpha value is -2.59. The molecule has 2 aliphatic rings. The maximum absolute atomic E-state index is 12.7. The Morgan fingerprint density at radius 1 is 0.641 bits per heavy atom. The monoisotopic (exact) mass is 564 g/mol. The van der Waals surface area contributed by atoms with Crippen LogP contribution >= 0.6 is 11.8 Å². The minimum absolute atomic E-state index is 0.288. The highest BCUT2D eigenvalue weighted by molar-refractivity contribution is 8.00. The molecule has 10 atom stereocenters. The van der Waals surface area contributed by atoms with Gasteiger partial charge in [-0.3, -0.25) is 9.59 Å². The standard InChI is InChI=1S/C26H32N2O10S/c29-11-15-19(31)17(27-23(35)13-7-3-1-4-8-13)21(33)25(37-15)39-26-22(34)18(20(32)16(12-30)38-26)28-24(36)14-9-5-2-6-10-14/h1-10,15-22,25-26,29-34H,11-12H2,(H,27,35)(H,28,36)/t15-,16-,17-,18-,19+,20+,21-,22-,25+,26+/m1/s1. The Morgan fingerprint density at radius 3 is 1.33 bits per heavy atom. The van der Waals surface area contributed by atoms with Crippen LogP contribution in [0, 0.1) is 0 Å². The van der Waals surface area contributed by atoms with E-state index in [0.29, 0.717) is 0 Å². The van der Waals surface area contributed by atoms with Crippen LogP contribution in [0.5, 0.6) is 0 Å². The zero-order valence-corrected chi connectivity index (χ0v) is 21.5. The summed E-state index contributed by atoms with van der Waals surface area (Å²) in [4.78, 5) is 25.4. The van der Waals surface area contributed by atoms with E-state index in [9.17, 15) is 40.2 Å². The summed E-state index contributed by atoms with van der Waals surface area (Å²) in [7, 11) is 0. The molecule has 2 aromatic carbocycles. The number of ether oxygens (including phenoxy) is 2. The second-order valence-electron chi connectivity index (χ2n) is 9.28. The third-order valence-electron chi connectivity index (χ3n) is 6.70. The van der Waals surface area contributed by atoms with Gasteiger partial charge in [0.2, 0.25) is 0 Å². The molecule has 2 aliphatic heterocycles. The van der Waals surface area contributed by atoms with E-state index < -0.39 is 84.6 Å². The average Bonchev–Trinajstić information content (AvgIpc) is 2.96. The van der Waals surface area contributed by atoms with E-state index in [1.165, 1.54) is 0 Å². The quantitative estimate of drug-likeness (QED) is 0.180. The summed E-state index contributed by atoms with van der Waals surface area (Å²) in [5.74, 6) is -1.13. The molecule has 2 saturated heterocycles. The highest BCUT2D eigenvalue weighted by Gasteiger charge is 2.50. The van der Waals surface area contributed by atoms with Crippen molar-refractivity contribution in [2.24, 2.45) is 0 Å². The molecule has 13 heteroatoms. The number of hydrogen-bond acceptors (Lipinski definition) is 11. The van der Waals surface area contributed by atoms with Gasteiger partial charge in [-0.1, -0.05) is 48.2 Å². The average molecular weight is 565 g/mol. The predicted molar refractivity (Wildman–Crippen MR) is 139 cm³/mol. The summed E-state index contributed by atoms with van der Waals surface area (Å²) >= 11 is 0.762. The van der Waals surface area contributed by atoms with Gasteiger partial charge in [0.15, 0.2) is 0 Å². The minimum Gasteiger partial charge on any atom is -0.394 e. The molecule has 0 unspecified atom stereocenters. The third kappa shape index (κ3) is 6.60. The van der Waals surface area contributed by atoms with Crippen molar-refractivity contribution in [1.82, 2.24) is 10.6 Å². The van der Waals surface area contributed by atoms with Crippen LogP contribution < -0.4 is 10.6 Å². The number of benzene rings is 2. The smallest absolute Gasteiger partial charge is 0.251 e. The van der Waals surface area contributed by atoms with Crippen LogP contribution in [0.1, 0.15) is 20.7 Å². The molecular formula is C26H32N2O10S. The van der Waals surface area contributed by atoms with Gasteiger partial charge in [0.25, 0.3) is 11.8 Å². The fourth-order valence-corrected chi connectivity index (χ4v) is 5.86. The molecule has 0 aliphatic carbocycles. The molecular weight excluding hydrogens is 532 g/mol. The summed E-state index contributed by atoms with van der Waals surface area (Å²) in [6.45, 7) is -1.27. The SMILES string of the molecule is O=C(N[C@@H]1[C@@H](O)[C@@H](CO)O[C@@H](S[C@@H]2O[C@H](CO)[C@H](O)[C@@H](NC(=O)c3ccccc3)[C@H]2O)[C@@H]1O)c1ccccc1. The zero-order valence-electron chi connectivity index (χ0n) is 20.7. The van der Waals surface area contributed by atoms with E-state index in [2.05, 4.69) is 10.6 Å². The Kier molecular flexibility index (Phi) is 9.93. The predicted octanol–water partition coefficient (Wildman–Crippen LogP) is -1.81. The van der Waals surface area contributed by atoms with E-state index in [1.54, 1.807) is 60.7 Å². The van der Waals surface area contributed by atoms with Crippen molar-refractivity contribution in [2.45, 2.75) is 59.6 Å². The number of nitrogens with one attached hydrogen (secondary N) is 2. The summed E-state index contributed by atoms with van der Waals surface area (Å²) in [6, 6.07) is 13.8. The summed E-state index contributed by atoms with van der Waals surface area (Å²) in [6.07, 6.45) is -8.35. The van der Waals surface area contributed by atoms with Gasteiger partial charge in [0.1, 0.15) is 47.5 Å². The summed E-state index contributed by atoms with van der Waals surface area (Å²) in [5, 5.41) is 68.1. The molecule has 0 radical (unpaired) electrons. The lowest BCUT2D eigenvalue weighted by Crippen LogP contribution is -2.66. The van der Waals surface area contributed by atoms with Gasteiger partial charge >= 0.3 is 0 Å². The van der Waals surface area contributed by atoms with Crippen molar-refractivity contribution >= 4 is 23.6 Å². The van der Waals surface area contributed by atoms with Gasteiger partial charge in [-0.15, -0.1) is 0 Å². The van der Waals surface area contributed by atoms with E-state index in [4.69, 9.17) is 9.47 Å². The van der Waals surface area contributed by atoms with Gasteiger partial charge in [-0.05, 0) is 24.3 Å². The Balaban J connectivity index is 1.51. The first-order valence-electron chi connectivity index (χ1n) is 12.4. The number of rotatable bonds is 8. The van der Waals surface area contributed by atoms with Crippen LogP contribution in [0.4, 0.5) is 0 Å². The lowest BCUT2D eigenvalue weighted by atomic mass is 9.96. The van der Waals surface area contributed by atoms with Crippen molar-refractivity contribution in [2.75, 3.05) is 13.2 Å². The van der Waals surface area contributed by atoms with E-state index in [-0.39, 0.29) is 11.1 Å². The van der Waals surface area contributed by atoms with Crippen molar-refractivity contribution in [3.8, 4) is 0 Å². The highest BCUT2D eigenvalue weighted by Crippen LogP contribution is 2.36. The second kappa shape index (κ2) is 13.2. The molecule has 39 heavy (non-hydrogen) atoms. The number of aliphatic hydroxyl groups excluding tert-OH is 6. The fourth-order valence-electron chi connectivity index (χ4n) is 4.52. The first kappa shape index (κ1) is 29.4. The van der Waals surface area contributed by atoms with Gasteiger partial charge in [-0.25, -0.2) is 0 Å². The van der Waals surface area contributed by atoms with Crippen LogP contribution in [0.2, 0.25) is 0 Å². The maximum Gasteiger partial charge on any atom is 0.251 e. The molecule has 2 aromatic rings. The lowest BCUT2D eigenvalue weighted by molar-refractivity contribution is -0.175. The number of amides is 2. The molecule has 212 valence electrons. The molecule has 8 N–H and O–H groups in total. The zero-order chi connectivity index (χ0) is 28.1. The normalized spacial score (nSPS) is 34.7. The van der Waals surface area contributed by atoms with Crippen molar-refractivity contribution in [3.63, 3.8) is 0 Å². The molecule has 0 spiro atoms. The maximum atomic E-state index is 12.7. The Bertz CT molecular complexity index is 1010. The number of thioether (sulfide) groups is 1. The molecule has 2 fully saturated rings. The van der Waals surface area contributed by atoms with E-state index >= 15 is 0 Å². The first-order valence-corrected chi connectivity index (χ1v) is 13.3. The fraction of sp³-hybridized carbons (Fsp3) is 0.462. The third-order valence-corrected chi connectivity index (χ3v) is 8.02. The lowest BCUT2D eigenvalue weighted by Gasteiger charge is -2.46. The molecule has 2 amide bonds.